The molecule has 0 saturated heterocycles. The zero-order valence-corrected chi connectivity index (χ0v) is 9.03. The molecule has 0 bridgehead atoms. The molecule has 0 radical (unpaired) electrons. The maximum atomic E-state index is 5.43. The van der Waals surface area contributed by atoms with E-state index in [-0.39, 0.29) is 0 Å². The molecule has 2 rings (SSSR count). The maximum Gasteiger partial charge on any atom is 0.134 e. The van der Waals surface area contributed by atoms with E-state index in [1.165, 1.54) is 11.1 Å². The maximum absolute atomic E-state index is 5.43. The van der Waals surface area contributed by atoms with Crippen LogP contribution < -0.4 is 0 Å². The lowest BCUT2D eigenvalue weighted by Gasteiger charge is -2.07. The molecule has 0 aliphatic heterocycles. The van der Waals surface area contributed by atoms with Crippen molar-refractivity contribution >= 4 is 5.57 Å². The Morgan fingerprint density at radius 3 is 2.53 bits per heavy atom. The highest BCUT2D eigenvalue weighted by molar-refractivity contribution is 5.78. The monoisotopic (exact) mass is 198 g/mol. The van der Waals surface area contributed by atoms with Crippen LogP contribution in [0.5, 0.6) is 0 Å². The Balaban J connectivity index is 2.50. The summed E-state index contributed by atoms with van der Waals surface area (Å²) in [5.41, 5.74) is 3.65. The first kappa shape index (κ1) is 9.78. The van der Waals surface area contributed by atoms with Gasteiger partial charge >= 0.3 is 0 Å². The third kappa shape index (κ3) is 1.86. The van der Waals surface area contributed by atoms with Gasteiger partial charge in [-0.2, -0.15) is 0 Å². The minimum atomic E-state index is 0.923. The van der Waals surface area contributed by atoms with Crippen molar-refractivity contribution in [2.24, 2.45) is 0 Å². The molecular weight excluding hydrogens is 184 g/mol. The van der Waals surface area contributed by atoms with E-state index in [9.17, 15) is 0 Å². The molecule has 76 valence electrons. The predicted octanol–water partition coefficient (Wildman–Crippen LogP) is 4.04. The van der Waals surface area contributed by atoms with E-state index in [1.807, 2.05) is 25.1 Å². The number of aryl methyl sites for hydroxylation is 1. The molecule has 0 atom stereocenters. The van der Waals surface area contributed by atoms with Gasteiger partial charge in [0, 0.05) is 5.57 Å². The van der Waals surface area contributed by atoms with Crippen LogP contribution >= 0.6 is 0 Å². The highest BCUT2D eigenvalue weighted by Gasteiger charge is 2.08. The third-order valence-electron chi connectivity index (χ3n) is 2.51. The number of rotatable bonds is 2. The summed E-state index contributed by atoms with van der Waals surface area (Å²) in [7, 11) is 0. The Labute approximate surface area is 90.1 Å². The van der Waals surface area contributed by atoms with Gasteiger partial charge in [0.2, 0.25) is 0 Å². The molecule has 0 fully saturated rings. The van der Waals surface area contributed by atoms with Crippen molar-refractivity contribution in [3.05, 3.63) is 65.6 Å². The zero-order valence-electron chi connectivity index (χ0n) is 9.03. The van der Waals surface area contributed by atoms with Crippen LogP contribution in [0.2, 0.25) is 0 Å². The molecule has 15 heavy (non-hydrogen) atoms. The second kappa shape index (κ2) is 4.18. The van der Waals surface area contributed by atoms with Gasteiger partial charge in [-0.1, -0.05) is 30.3 Å². The van der Waals surface area contributed by atoms with Gasteiger partial charge in [0.1, 0.15) is 5.76 Å². The van der Waals surface area contributed by atoms with Gasteiger partial charge in [-0.25, -0.2) is 0 Å². The second-order valence-electron chi connectivity index (χ2n) is 3.49. The highest BCUT2D eigenvalue weighted by Crippen LogP contribution is 2.25. The molecule has 1 aromatic carbocycles. The molecule has 1 heteroatoms. The van der Waals surface area contributed by atoms with Crippen LogP contribution in [0.4, 0.5) is 0 Å². The SMILES string of the molecule is CC=C(c1ccco1)c1ccccc1C. The minimum absolute atomic E-state index is 0.923. The Morgan fingerprint density at radius 1 is 1.13 bits per heavy atom. The van der Waals surface area contributed by atoms with Gasteiger partial charge < -0.3 is 4.42 Å². The van der Waals surface area contributed by atoms with Gasteiger partial charge in [-0.05, 0) is 37.1 Å². The van der Waals surface area contributed by atoms with E-state index in [0.717, 1.165) is 11.3 Å². The number of benzene rings is 1. The van der Waals surface area contributed by atoms with Gasteiger partial charge in [0.15, 0.2) is 0 Å². The Bertz CT molecular complexity index is 464. The molecule has 0 saturated carbocycles. The quantitative estimate of drug-likeness (QED) is 0.709. The van der Waals surface area contributed by atoms with E-state index in [0.29, 0.717) is 0 Å². The molecule has 0 aliphatic carbocycles. The average Bonchev–Trinajstić information content (AvgIpc) is 2.75. The van der Waals surface area contributed by atoms with E-state index in [2.05, 4.69) is 31.2 Å². The predicted molar refractivity (Wildman–Crippen MR) is 62.6 cm³/mol. The summed E-state index contributed by atoms with van der Waals surface area (Å²) in [6.45, 7) is 4.14. The molecule has 1 aromatic heterocycles. The highest BCUT2D eigenvalue weighted by atomic mass is 16.3. The zero-order chi connectivity index (χ0) is 10.7. The molecule has 1 nitrogen and oxygen atoms in total. The lowest BCUT2D eigenvalue weighted by atomic mass is 9.99. The van der Waals surface area contributed by atoms with Crippen molar-refractivity contribution in [2.45, 2.75) is 13.8 Å². The van der Waals surface area contributed by atoms with Crippen molar-refractivity contribution in [1.82, 2.24) is 0 Å². The summed E-state index contributed by atoms with van der Waals surface area (Å²) in [5.74, 6) is 0.923. The summed E-state index contributed by atoms with van der Waals surface area (Å²) in [6.07, 6.45) is 3.79. The minimum Gasteiger partial charge on any atom is -0.464 e. The molecule has 2 aromatic rings. The fraction of sp³-hybridized carbons (Fsp3) is 0.143. The fourth-order valence-corrected chi connectivity index (χ4v) is 1.74. The summed E-state index contributed by atoms with van der Waals surface area (Å²) >= 11 is 0. The number of hydrogen-bond acceptors (Lipinski definition) is 1. The van der Waals surface area contributed by atoms with Crippen LogP contribution in [0.3, 0.4) is 0 Å². The fourth-order valence-electron chi connectivity index (χ4n) is 1.74. The normalized spacial score (nSPS) is 11.7. The third-order valence-corrected chi connectivity index (χ3v) is 2.51. The Hall–Kier alpha value is -1.76. The Kier molecular flexibility index (Phi) is 2.72. The molecule has 0 spiro atoms. The summed E-state index contributed by atoms with van der Waals surface area (Å²) < 4.78 is 5.43. The van der Waals surface area contributed by atoms with Crippen molar-refractivity contribution in [3.63, 3.8) is 0 Å². The van der Waals surface area contributed by atoms with Gasteiger partial charge in [0.05, 0.1) is 6.26 Å². The van der Waals surface area contributed by atoms with E-state index in [4.69, 9.17) is 4.42 Å². The van der Waals surface area contributed by atoms with Crippen molar-refractivity contribution in [2.75, 3.05) is 0 Å². The molecule has 1 heterocycles. The molecule has 0 unspecified atom stereocenters. The standard InChI is InChI=1S/C14H14O/c1-3-12(14-9-6-10-15-14)13-8-5-4-7-11(13)2/h3-10H,1-2H3. The molecule has 0 amide bonds. The van der Waals surface area contributed by atoms with Gasteiger partial charge in [0.25, 0.3) is 0 Å². The van der Waals surface area contributed by atoms with Crippen LogP contribution in [0.15, 0.2) is 53.2 Å². The van der Waals surface area contributed by atoms with Crippen LogP contribution in [0.1, 0.15) is 23.8 Å². The first-order valence-electron chi connectivity index (χ1n) is 5.09. The summed E-state index contributed by atoms with van der Waals surface area (Å²) in [6, 6.07) is 12.2. The lowest BCUT2D eigenvalue weighted by Crippen LogP contribution is -1.88. The van der Waals surface area contributed by atoms with Crippen LogP contribution in [0, 0.1) is 6.92 Å². The molecular formula is C14H14O. The largest absolute Gasteiger partial charge is 0.464 e. The van der Waals surface area contributed by atoms with Crippen LogP contribution in [-0.4, -0.2) is 0 Å². The van der Waals surface area contributed by atoms with Crippen LogP contribution in [0.25, 0.3) is 5.57 Å². The second-order valence-corrected chi connectivity index (χ2v) is 3.49. The van der Waals surface area contributed by atoms with Crippen molar-refractivity contribution in [3.8, 4) is 0 Å². The van der Waals surface area contributed by atoms with Crippen molar-refractivity contribution < 1.29 is 4.42 Å². The number of furan rings is 1. The Morgan fingerprint density at radius 2 is 1.93 bits per heavy atom. The van der Waals surface area contributed by atoms with Crippen molar-refractivity contribution in [1.29, 1.82) is 0 Å². The first-order chi connectivity index (χ1) is 7.33. The molecule has 0 N–H and O–H groups in total. The van der Waals surface area contributed by atoms with Crippen LogP contribution in [-0.2, 0) is 0 Å². The molecule has 0 aliphatic rings. The number of allylic oxidation sites excluding steroid dienone is 1. The topological polar surface area (TPSA) is 13.1 Å². The van der Waals surface area contributed by atoms with Gasteiger partial charge in [-0.15, -0.1) is 0 Å². The smallest absolute Gasteiger partial charge is 0.134 e. The average molecular weight is 198 g/mol. The van der Waals surface area contributed by atoms with E-state index < -0.39 is 0 Å². The van der Waals surface area contributed by atoms with Gasteiger partial charge in [-0.3, -0.25) is 0 Å². The number of hydrogen-bond donors (Lipinski definition) is 0. The lowest BCUT2D eigenvalue weighted by molar-refractivity contribution is 0.553. The summed E-state index contributed by atoms with van der Waals surface area (Å²) in [4.78, 5) is 0. The first-order valence-corrected chi connectivity index (χ1v) is 5.09. The van der Waals surface area contributed by atoms with E-state index in [1.54, 1.807) is 6.26 Å². The van der Waals surface area contributed by atoms with E-state index >= 15 is 0 Å². The summed E-state index contributed by atoms with van der Waals surface area (Å²) in [5, 5.41) is 0.